The number of hydrogen-bond donors (Lipinski definition) is 2. The molecule has 3 nitrogen and oxygen atoms in total. The lowest BCUT2D eigenvalue weighted by Gasteiger charge is -2.11. The lowest BCUT2D eigenvalue weighted by molar-refractivity contribution is -0.139. The van der Waals surface area contributed by atoms with E-state index >= 15 is 0 Å². The first-order chi connectivity index (χ1) is 8.34. The first-order valence-electron chi connectivity index (χ1n) is 5.22. The molecule has 0 aliphatic heterocycles. The summed E-state index contributed by atoms with van der Waals surface area (Å²) in [6.07, 6.45) is -4.76. The number of halogens is 4. The van der Waals surface area contributed by atoms with Crippen molar-refractivity contribution in [1.82, 2.24) is 5.32 Å². The SMILES string of the molecule is CCNC(=O)CNc1ccc(F)c(C(F)(F)F)c1. The van der Waals surface area contributed by atoms with Crippen LogP contribution in [0.15, 0.2) is 18.2 Å². The number of benzene rings is 1. The molecule has 2 N–H and O–H groups in total. The molecule has 18 heavy (non-hydrogen) atoms. The number of nitrogens with one attached hydrogen (secondary N) is 2. The highest BCUT2D eigenvalue weighted by Crippen LogP contribution is 2.32. The lowest BCUT2D eigenvalue weighted by Crippen LogP contribution is -2.29. The number of hydrogen-bond acceptors (Lipinski definition) is 2. The van der Waals surface area contributed by atoms with E-state index in [9.17, 15) is 22.4 Å². The van der Waals surface area contributed by atoms with Crippen LogP contribution in [0.2, 0.25) is 0 Å². The summed E-state index contributed by atoms with van der Waals surface area (Å²) in [4.78, 5) is 11.1. The summed E-state index contributed by atoms with van der Waals surface area (Å²) in [5.74, 6) is -1.69. The zero-order valence-corrected chi connectivity index (χ0v) is 9.57. The molecule has 0 saturated carbocycles. The summed E-state index contributed by atoms with van der Waals surface area (Å²) in [5, 5.41) is 4.96. The van der Waals surface area contributed by atoms with E-state index in [-0.39, 0.29) is 18.1 Å². The van der Waals surface area contributed by atoms with E-state index in [0.29, 0.717) is 18.7 Å². The summed E-state index contributed by atoms with van der Waals surface area (Å²) in [6.45, 7) is 1.98. The zero-order valence-electron chi connectivity index (χ0n) is 9.57. The van der Waals surface area contributed by atoms with Crippen LogP contribution in [0.4, 0.5) is 23.2 Å². The van der Waals surface area contributed by atoms with Gasteiger partial charge >= 0.3 is 6.18 Å². The maximum atomic E-state index is 13.0. The third kappa shape index (κ3) is 3.90. The minimum absolute atomic E-state index is 0.0370. The molecule has 0 atom stereocenters. The fraction of sp³-hybridized carbons (Fsp3) is 0.364. The van der Waals surface area contributed by atoms with Crippen LogP contribution in [-0.2, 0) is 11.0 Å². The van der Waals surface area contributed by atoms with Gasteiger partial charge in [-0.05, 0) is 25.1 Å². The van der Waals surface area contributed by atoms with Gasteiger partial charge in [0, 0.05) is 12.2 Å². The van der Waals surface area contributed by atoms with Crippen molar-refractivity contribution >= 4 is 11.6 Å². The third-order valence-corrected chi connectivity index (χ3v) is 2.10. The van der Waals surface area contributed by atoms with Crippen molar-refractivity contribution in [2.75, 3.05) is 18.4 Å². The third-order valence-electron chi connectivity index (χ3n) is 2.10. The predicted octanol–water partition coefficient (Wildman–Crippen LogP) is 2.39. The van der Waals surface area contributed by atoms with Crippen LogP contribution in [0.25, 0.3) is 0 Å². The minimum atomic E-state index is -4.76. The first kappa shape index (κ1) is 14.3. The van der Waals surface area contributed by atoms with Crippen LogP contribution in [0.1, 0.15) is 12.5 Å². The Bertz CT molecular complexity index is 432. The van der Waals surface area contributed by atoms with Crippen molar-refractivity contribution in [3.63, 3.8) is 0 Å². The Hall–Kier alpha value is -1.79. The Morgan fingerprint density at radius 2 is 2.00 bits per heavy atom. The highest BCUT2D eigenvalue weighted by Gasteiger charge is 2.34. The zero-order chi connectivity index (χ0) is 13.8. The molecular weight excluding hydrogens is 252 g/mol. The first-order valence-corrected chi connectivity index (χ1v) is 5.22. The predicted molar refractivity (Wildman–Crippen MR) is 58.6 cm³/mol. The number of carbonyl (C=O) groups is 1. The minimum Gasteiger partial charge on any atom is -0.376 e. The fourth-order valence-corrected chi connectivity index (χ4v) is 1.29. The van der Waals surface area contributed by atoms with Gasteiger partial charge < -0.3 is 10.6 Å². The molecule has 0 aliphatic carbocycles. The standard InChI is InChI=1S/C11H12F4N2O/c1-2-16-10(18)6-17-7-3-4-9(12)8(5-7)11(13,14)15/h3-5,17H,2,6H2,1H3,(H,16,18). The number of anilines is 1. The van der Waals surface area contributed by atoms with E-state index in [0.717, 1.165) is 6.07 Å². The van der Waals surface area contributed by atoms with Crippen molar-refractivity contribution in [3.8, 4) is 0 Å². The second-order valence-corrected chi connectivity index (χ2v) is 3.50. The number of likely N-dealkylation sites (N-methyl/N-ethyl adjacent to an activating group) is 1. The van der Waals surface area contributed by atoms with Crippen molar-refractivity contribution < 1.29 is 22.4 Å². The monoisotopic (exact) mass is 264 g/mol. The summed E-state index contributed by atoms with van der Waals surface area (Å²) in [6, 6.07) is 2.49. The summed E-state index contributed by atoms with van der Waals surface area (Å²) < 4.78 is 50.2. The van der Waals surface area contributed by atoms with Crippen LogP contribution in [0, 0.1) is 5.82 Å². The van der Waals surface area contributed by atoms with Crippen LogP contribution in [0.5, 0.6) is 0 Å². The molecule has 1 amide bonds. The quantitative estimate of drug-likeness (QED) is 0.820. The molecule has 0 bridgehead atoms. The van der Waals surface area contributed by atoms with Gasteiger partial charge in [-0.2, -0.15) is 13.2 Å². The van der Waals surface area contributed by atoms with Crippen molar-refractivity contribution in [1.29, 1.82) is 0 Å². The molecule has 0 saturated heterocycles. The van der Waals surface area contributed by atoms with Crippen molar-refractivity contribution in [2.45, 2.75) is 13.1 Å². The molecule has 100 valence electrons. The summed E-state index contributed by atoms with van der Waals surface area (Å²) in [7, 11) is 0. The second-order valence-electron chi connectivity index (χ2n) is 3.50. The molecule has 0 fully saturated rings. The Balaban J connectivity index is 2.77. The van der Waals surface area contributed by atoms with Gasteiger partial charge in [-0.1, -0.05) is 0 Å². The average molecular weight is 264 g/mol. The van der Waals surface area contributed by atoms with Gasteiger partial charge in [0.1, 0.15) is 5.82 Å². The van der Waals surface area contributed by atoms with E-state index in [1.807, 2.05) is 0 Å². The largest absolute Gasteiger partial charge is 0.419 e. The number of rotatable bonds is 4. The lowest BCUT2D eigenvalue weighted by atomic mass is 10.2. The highest BCUT2D eigenvalue weighted by molar-refractivity contribution is 5.80. The fourth-order valence-electron chi connectivity index (χ4n) is 1.29. The van der Waals surface area contributed by atoms with Crippen LogP contribution < -0.4 is 10.6 Å². The van der Waals surface area contributed by atoms with Gasteiger partial charge in [0.15, 0.2) is 0 Å². The van der Waals surface area contributed by atoms with Crippen LogP contribution in [-0.4, -0.2) is 19.0 Å². The van der Waals surface area contributed by atoms with Gasteiger partial charge in [0.2, 0.25) is 5.91 Å². The van der Waals surface area contributed by atoms with Gasteiger partial charge in [-0.15, -0.1) is 0 Å². The topological polar surface area (TPSA) is 41.1 Å². The molecule has 0 aliphatic rings. The molecule has 0 spiro atoms. The molecule has 0 radical (unpaired) electrons. The van der Waals surface area contributed by atoms with E-state index in [1.165, 1.54) is 0 Å². The Morgan fingerprint density at radius 3 is 2.56 bits per heavy atom. The van der Waals surface area contributed by atoms with E-state index in [1.54, 1.807) is 6.92 Å². The van der Waals surface area contributed by atoms with Gasteiger partial charge in [0.25, 0.3) is 0 Å². The Kier molecular flexibility index (Phi) is 4.52. The van der Waals surface area contributed by atoms with E-state index in [2.05, 4.69) is 10.6 Å². The molecule has 1 aromatic carbocycles. The molecule has 0 unspecified atom stereocenters. The van der Waals surface area contributed by atoms with Crippen LogP contribution in [0.3, 0.4) is 0 Å². The molecule has 0 heterocycles. The summed E-state index contributed by atoms with van der Waals surface area (Å²) in [5.41, 5.74) is -1.32. The van der Waals surface area contributed by atoms with Gasteiger partial charge in [-0.3, -0.25) is 4.79 Å². The molecule has 0 aromatic heterocycles. The molecule has 1 rings (SSSR count). The smallest absolute Gasteiger partial charge is 0.376 e. The molecule has 7 heteroatoms. The van der Waals surface area contributed by atoms with E-state index < -0.39 is 17.6 Å². The Labute approximate surface area is 101 Å². The van der Waals surface area contributed by atoms with Gasteiger partial charge in [-0.25, -0.2) is 4.39 Å². The van der Waals surface area contributed by atoms with E-state index in [4.69, 9.17) is 0 Å². The Morgan fingerprint density at radius 1 is 1.33 bits per heavy atom. The number of amides is 1. The summed E-state index contributed by atoms with van der Waals surface area (Å²) >= 11 is 0. The van der Waals surface area contributed by atoms with Crippen molar-refractivity contribution in [3.05, 3.63) is 29.6 Å². The molecular formula is C11H12F4N2O. The number of carbonyl (C=O) groups excluding carboxylic acids is 1. The average Bonchev–Trinajstić information content (AvgIpc) is 2.27. The highest BCUT2D eigenvalue weighted by atomic mass is 19.4. The second kappa shape index (κ2) is 5.70. The molecule has 1 aromatic rings. The maximum Gasteiger partial charge on any atom is 0.419 e. The number of alkyl halides is 3. The maximum absolute atomic E-state index is 13.0. The van der Waals surface area contributed by atoms with Crippen molar-refractivity contribution in [2.24, 2.45) is 0 Å². The van der Waals surface area contributed by atoms with Gasteiger partial charge in [0.05, 0.1) is 12.1 Å². The van der Waals surface area contributed by atoms with Crippen LogP contribution >= 0.6 is 0 Å². The normalized spacial score (nSPS) is 11.2.